The monoisotopic (exact) mass is 322 g/mol. The lowest BCUT2D eigenvalue weighted by Crippen LogP contribution is -2.05. The lowest BCUT2D eigenvalue weighted by molar-refractivity contribution is 0.400. The molecule has 0 unspecified atom stereocenters. The standard InChI is InChI=1S/C17H10N2O5/c20-12-4-2-9-13(21)6-14(24-17(9)16(12)23)8-1-3-10-11(5-8)18-7-15(22)19-10/h1-7,20,23H,(H,19,22). The molecule has 0 saturated heterocycles. The van der Waals surface area contributed by atoms with E-state index in [0.29, 0.717) is 16.6 Å². The third-order valence-electron chi connectivity index (χ3n) is 3.71. The number of phenolic OH excluding ortho intramolecular Hbond substituents is 2. The lowest BCUT2D eigenvalue weighted by Gasteiger charge is -2.06. The summed E-state index contributed by atoms with van der Waals surface area (Å²) < 4.78 is 5.60. The summed E-state index contributed by atoms with van der Waals surface area (Å²) in [6, 6.07) is 8.85. The van der Waals surface area contributed by atoms with Crippen molar-refractivity contribution in [1.82, 2.24) is 9.97 Å². The van der Waals surface area contributed by atoms with Gasteiger partial charge in [-0.1, -0.05) is 0 Å². The summed E-state index contributed by atoms with van der Waals surface area (Å²) >= 11 is 0. The second-order valence-electron chi connectivity index (χ2n) is 5.26. The first-order valence-corrected chi connectivity index (χ1v) is 7.01. The van der Waals surface area contributed by atoms with Gasteiger partial charge in [-0.15, -0.1) is 0 Å². The third-order valence-corrected chi connectivity index (χ3v) is 3.71. The summed E-state index contributed by atoms with van der Waals surface area (Å²) in [5.74, 6) is -0.654. The zero-order valence-electron chi connectivity index (χ0n) is 12.1. The quantitative estimate of drug-likeness (QED) is 0.462. The molecule has 0 aliphatic heterocycles. The number of nitrogens with one attached hydrogen (secondary N) is 1. The van der Waals surface area contributed by atoms with Crippen LogP contribution in [0.5, 0.6) is 11.5 Å². The second-order valence-corrected chi connectivity index (χ2v) is 5.26. The SMILES string of the molecule is O=c1cnc2cc(-c3cc(=O)c4ccc(O)c(O)c4o3)ccc2[nH]1. The van der Waals surface area contributed by atoms with Gasteiger partial charge in [0.25, 0.3) is 5.56 Å². The molecule has 0 spiro atoms. The van der Waals surface area contributed by atoms with Crippen LogP contribution in [-0.4, -0.2) is 20.2 Å². The lowest BCUT2D eigenvalue weighted by atomic mass is 10.1. The van der Waals surface area contributed by atoms with Gasteiger partial charge in [0.1, 0.15) is 5.76 Å². The number of hydrogen-bond acceptors (Lipinski definition) is 6. The molecule has 0 fully saturated rings. The zero-order chi connectivity index (χ0) is 16.8. The van der Waals surface area contributed by atoms with Crippen molar-refractivity contribution in [1.29, 1.82) is 0 Å². The van der Waals surface area contributed by atoms with Gasteiger partial charge in [0, 0.05) is 11.6 Å². The number of fused-ring (bicyclic) bond motifs is 2. The van der Waals surface area contributed by atoms with E-state index in [1.807, 2.05) is 0 Å². The molecule has 3 N–H and O–H groups in total. The number of H-pyrrole nitrogens is 1. The fourth-order valence-electron chi connectivity index (χ4n) is 2.53. The van der Waals surface area contributed by atoms with Gasteiger partial charge in [-0.25, -0.2) is 4.98 Å². The van der Waals surface area contributed by atoms with E-state index < -0.39 is 5.75 Å². The van der Waals surface area contributed by atoms with E-state index in [4.69, 9.17) is 4.42 Å². The molecule has 0 amide bonds. The molecule has 0 radical (unpaired) electrons. The Balaban J connectivity index is 1.99. The molecule has 7 heteroatoms. The van der Waals surface area contributed by atoms with Gasteiger partial charge < -0.3 is 19.6 Å². The van der Waals surface area contributed by atoms with E-state index in [1.54, 1.807) is 18.2 Å². The number of phenols is 2. The van der Waals surface area contributed by atoms with Gasteiger partial charge in [-0.3, -0.25) is 9.59 Å². The van der Waals surface area contributed by atoms with Gasteiger partial charge in [0.15, 0.2) is 16.8 Å². The summed E-state index contributed by atoms with van der Waals surface area (Å²) in [7, 11) is 0. The van der Waals surface area contributed by atoms with Crippen LogP contribution < -0.4 is 11.0 Å². The van der Waals surface area contributed by atoms with Crippen molar-refractivity contribution in [2.75, 3.05) is 0 Å². The Morgan fingerprint density at radius 3 is 2.71 bits per heavy atom. The first kappa shape index (κ1) is 14.0. The highest BCUT2D eigenvalue weighted by Gasteiger charge is 2.13. The van der Waals surface area contributed by atoms with Crippen LogP contribution in [-0.2, 0) is 0 Å². The van der Waals surface area contributed by atoms with Crippen molar-refractivity contribution in [3.05, 3.63) is 63.2 Å². The van der Waals surface area contributed by atoms with E-state index in [1.165, 1.54) is 18.2 Å². The molecule has 0 atom stereocenters. The summed E-state index contributed by atoms with van der Waals surface area (Å²) in [5.41, 5.74) is 0.865. The molecule has 0 aliphatic rings. The number of hydrogen-bond donors (Lipinski definition) is 3. The average Bonchev–Trinajstić information content (AvgIpc) is 2.58. The van der Waals surface area contributed by atoms with Crippen molar-refractivity contribution in [2.45, 2.75) is 0 Å². The Labute approximate surface area is 133 Å². The molecule has 24 heavy (non-hydrogen) atoms. The van der Waals surface area contributed by atoms with E-state index in [-0.39, 0.29) is 33.5 Å². The van der Waals surface area contributed by atoms with Crippen LogP contribution in [0.1, 0.15) is 0 Å². The highest BCUT2D eigenvalue weighted by Crippen LogP contribution is 2.34. The molecule has 2 heterocycles. The smallest absolute Gasteiger partial charge is 0.266 e. The summed E-state index contributed by atoms with van der Waals surface area (Å²) in [6.07, 6.45) is 1.16. The van der Waals surface area contributed by atoms with Gasteiger partial charge in [-0.05, 0) is 30.3 Å². The fourth-order valence-corrected chi connectivity index (χ4v) is 2.53. The number of rotatable bonds is 1. The average molecular weight is 322 g/mol. The molecule has 118 valence electrons. The fraction of sp³-hybridized carbons (Fsp3) is 0. The summed E-state index contributed by atoms with van der Waals surface area (Å²) in [6.45, 7) is 0. The maximum absolute atomic E-state index is 12.2. The Bertz CT molecular complexity index is 1220. The number of nitrogens with zero attached hydrogens (tertiary/aromatic N) is 1. The third kappa shape index (κ3) is 2.11. The first-order chi connectivity index (χ1) is 11.5. The minimum absolute atomic E-state index is 0.0907. The molecule has 0 bridgehead atoms. The maximum atomic E-state index is 12.2. The van der Waals surface area contributed by atoms with E-state index >= 15 is 0 Å². The Kier molecular flexibility index (Phi) is 2.89. The Morgan fingerprint density at radius 1 is 1.04 bits per heavy atom. The minimum Gasteiger partial charge on any atom is -0.504 e. The predicted molar refractivity (Wildman–Crippen MR) is 87.2 cm³/mol. The van der Waals surface area contributed by atoms with E-state index in [9.17, 15) is 19.8 Å². The molecule has 2 aromatic heterocycles. The number of benzene rings is 2. The number of aromatic nitrogens is 2. The largest absolute Gasteiger partial charge is 0.504 e. The molecule has 0 aliphatic carbocycles. The molecule has 2 aromatic carbocycles. The van der Waals surface area contributed by atoms with Crippen LogP contribution in [0.15, 0.2) is 56.6 Å². The Morgan fingerprint density at radius 2 is 1.88 bits per heavy atom. The van der Waals surface area contributed by atoms with Crippen LogP contribution in [0, 0.1) is 0 Å². The van der Waals surface area contributed by atoms with Gasteiger partial charge >= 0.3 is 0 Å². The minimum atomic E-state index is -0.491. The van der Waals surface area contributed by atoms with Crippen molar-refractivity contribution in [2.24, 2.45) is 0 Å². The van der Waals surface area contributed by atoms with Crippen LogP contribution in [0.4, 0.5) is 0 Å². The van der Waals surface area contributed by atoms with Crippen molar-refractivity contribution in [3.8, 4) is 22.8 Å². The van der Waals surface area contributed by atoms with Crippen LogP contribution in [0.25, 0.3) is 33.3 Å². The highest BCUT2D eigenvalue weighted by atomic mass is 16.4. The van der Waals surface area contributed by atoms with E-state index in [0.717, 1.165) is 6.20 Å². The normalized spacial score (nSPS) is 11.2. The number of aromatic amines is 1. The maximum Gasteiger partial charge on any atom is 0.266 e. The second kappa shape index (κ2) is 4.95. The van der Waals surface area contributed by atoms with Crippen molar-refractivity contribution >= 4 is 22.0 Å². The van der Waals surface area contributed by atoms with Crippen LogP contribution in [0.3, 0.4) is 0 Å². The van der Waals surface area contributed by atoms with Crippen molar-refractivity contribution < 1.29 is 14.6 Å². The first-order valence-electron chi connectivity index (χ1n) is 7.01. The van der Waals surface area contributed by atoms with Crippen LogP contribution >= 0.6 is 0 Å². The van der Waals surface area contributed by atoms with Crippen molar-refractivity contribution in [3.63, 3.8) is 0 Å². The number of aromatic hydroxyl groups is 2. The molecule has 4 aromatic rings. The molecular formula is C17H10N2O5. The molecule has 7 nitrogen and oxygen atoms in total. The molecule has 0 saturated carbocycles. The summed E-state index contributed by atoms with van der Waals surface area (Å²) in [4.78, 5) is 30.2. The zero-order valence-corrected chi connectivity index (χ0v) is 12.1. The molecular weight excluding hydrogens is 312 g/mol. The molecule has 4 rings (SSSR count). The van der Waals surface area contributed by atoms with Gasteiger partial charge in [-0.2, -0.15) is 0 Å². The predicted octanol–water partition coefficient (Wildman–Crippen LogP) is 2.11. The van der Waals surface area contributed by atoms with Gasteiger partial charge in [0.05, 0.1) is 22.6 Å². The van der Waals surface area contributed by atoms with Crippen LogP contribution in [0.2, 0.25) is 0 Å². The topological polar surface area (TPSA) is 116 Å². The van der Waals surface area contributed by atoms with Gasteiger partial charge in [0.2, 0.25) is 5.75 Å². The van der Waals surface area contributed by atoms with E-state index in [2.05, 4.69) is 9.97 Å². The summed E-state index contributed by atoms with van der Waals surface area (Å²) in [5, 5.41) is 19.7. The Hall–Kier alpha value is -3.61. The highest BCUT2D eigenvalue weighted by molar-refractivity contribution is 5.87.